The van der Waals surface area contributed by atoms with E-state index in [0.717, 1.165) is 37.7 Å². The first-order valence-electron chi connectivity index (χ1n) is 9.79. The summed E-state index contributed by atoms with van der Waals surface area (Å²) in [5.74, 6) is -0.246. The number of hydrogen-bond acceptors (Lipinski definition) is 4. The van der Waals surface area contributed by atoms with Crippen LogP contribution in [0.1, 0.15) is 49.3 Å². The van der Waals surface area contributed by atoms with E-state index in [1.165, 1.54) is 0 Å². The molecule has 1 aliphatic rings. The fraction of sp³-hybridized carbons (Fsp3) is 0.391. The van der Waals surface area contributed by atoms with Gasteiger partial charge in [0.1, 0.15) is 5.75 Å². The summed E-state index contributed by atoms with van der Waals surface area (Å²) < 4.78 is 11.1. The summed E-state index contributed by atoms with van der Waals surface area (Å²) in [5.41, 5.74) is 2.20. The number of amides is 1. The van der Waals surface area contributed by atoms with Gasteiger partial charge >= 0.3 is 5.97 Å². The average Bonchev–Trinajstić information content (AvgIpc) is 2.73. The molecule has 1 N–H and O–H groups in total. The molecule has 28 heavy (non-hydrogen) atoms. The molecular weight excluding hydrogens is 354 g/mol. The minimum atomic E-state index is -0.999. The number of methoxy groups -OCH3 is 1. The monoisotopic (exact) mass is 381 g/mol. The van der Waals surface area contributed by atoms with Gasteiger partial charge in [0.15, 0.2) is 0 Å². The second-order valence-corrected chi connectivity index (χ2v) is 7.26. The van der Waals surface area contributed by atoms with Crippen molar-refractivity contribution in [1.82, 2.24) is 0 Å². The first-order chi connectivity index (χ1) is 13.6. The van der Waals surface area contributed by atoms with Gasteiger partial charge < -0.3 is 14.8 Å². The van der Waals surface area contributed by atoms with Crippen molar-refractivity contribution < 1.29 is 19.1 Å². The van der Waals surface area contributed by atoms with Crippen LogP contribution in [-0.2, 0) is 14.3 Å². The van der Waals surface area contributed by atoms with Crippen molar-refractivity contribution in [1.29, 1.82) is 0 Å². The zero-order chi connectivity index (χ0) is 19.9. The Labute approximate surface area is 166 Å². The van der Waals surface area contributed by atoms with E-state index in [-0.39, 0.29) is 17.8 Å². The van der Waals surface area contributed by atoms with E-state index in [1.807, 2.05) is 37.3 Å². The summed E-state index contributed by atoms with van der Waals surface area (Å²) in [5, 5.41) is 2.87. The molecule has 0 radical (unpaired) electrons. The third-order valence-electron chi connectivity index (χ3n) is 5.13. The SMILES string of the molecule is COc1ccc(C)cc1NC(=O)[C@@H](OC(=O)C1CCCCC1)c1ccccc1. The number of ether oxygens (including phenoxy) is 2. The highest BCUT2D eigenvalue weighted by molar-refractivity contribution is 5.97. The van der Waals surface area contributed by atoms with Crippen molar-refractivity contribution in [2.45, 2.75) is 45.1 Å². The average molecular weight is 381 g/mol. The molecule has 3 rings (SSSR count). The first-order valence-corrected chi connectivity index (χ1v) is 9.79. The third-order valence-corrected chi connectivity index (χ3v) is 5.13. The molecule has 1 atom stereocenters. The molecule has 0 aromatic heterocycles. The zero-order valence-corrected chi connectivity index (χ0v) is 16.4. The summed E-state index contributed by atoms with van der Waals surface area (Å²) in [4.78, 5) is 25.8. The number of carbonyl (C=O) groups excluding carboxylic acids is 2. The molecule has 0 aliphatic heterocycles. The number of anilines is 1. The van der Waals surface area contributed by atoms with Crippen LogP contribution in [-0.4, -0.2) is 19.0 Å². The Kier molecular flexibility index (Phi) is 6.69. The molecule has 0 saturated heterocycles. The molecule has 0 unspecified atom stereocenters. The Hall–Kier alpha value is -2.82. The summed E-state index contributed by atoms with van der Waals surface area (Å²) in [6.45, 7) is 1.94. The molecular formula is C23H27NO4. The molecule has 1 fully saturated rings. The van der Waals surface area contributed by atoms with Crippen LogP contribution in [0.3, 0.4) is 0 Å². The standard InChI is InChI=1S/C23H27NO4/c1-16-13-14-20(27-2)19(15-16)24-22(25)21(17-9-5-3-6-10-17)28-23(26)18-11-7-4-8-12-18/h3,5-6,9-10,13-15,18,21H,4,7-8,11-12H2,1-2H3,(H,24,25)/t21-/m0/s1. The lowest BCUT2D eigenvalue weighted by Crippen LogP contribution is -2.29. The molecule has 148 valence electrons. The number of carbonyl (C=O) groups is 2. The predicted molar refractivity (Wildman–Crippen MR) is 108 cm³/mol. The maximum Gasteiger partial charge on any atom is 0.310 e. The van der Waals surface area contributed by atoms with E-state index in [9.17, 15) is 9.59 Å². The highest BCUT2D eigenvalue weighted by atomic mass is 16.5. The van der Waals surface area contributed by atoms with Gasteiger partial charge in [0.05, 0.1) is 18.7 Å². The molecule has 2 aromatic carbocycles. The highest BCUT2D eigenvalue weighted by Crippen LogP contribution is 2.30. The number of rotatable bonds is 6. The van der Waals surface area contributed by atoms with Crippen LogP contribution in [0.4, 0.5) is 5.69 Å². The summed E-state index contributed by atoms with van der Waals surface area (Å²) in [6, 6.07) is 14.7. The maximum absolute atomic E-state index is 13.1. The molecule has 1 amide bonds. The second kappa shape index (κ2) is 9.40. The molecule has 2 aromatic rings. The Morgan fingerprint density at radius 3 is 2.43 bits per heavy atom. The number of aryl methyl sites for hydroxylation is 1. The summed E-state index contributed by atoms with van der Waals surface area (Å²) in [6.07, 6.45) is 3.87. The van der Waals surface area contributed by atoms with Gasteiger partial charge in [-0.15, -0.1) is 0 Å². The van der Waals surface area contributed by atoms with Gasteiger partial charge in [-0.3, -0.25) is 9.59 Å². The fourth-order valence-corrected chi connectivity index (χ4v) is 3.57. The van der Waals surface area contributed by atoms with Gasteiger partial charge in [-0.1, -0.05) is 55.7 Å². The van der Waals surface area contributed by atoms with Crippen molar-refractivity contribution in [2.24, 2.45) is 5.92 Å². The maximum atomic E-state index is 13.1. The molecule has 5 heteroatoms. The molecule has 5 nitrogen and oxygen atoms in total. The largest absolute Gasteiger partial charge is 0.495 e. The molecule has 1 saturated carbocycles. The minimum absolute atomic E-state index is 0.124. The number of hydrogen-bond donors (Lipinski definition) is 1. The van der Waals surface area contributed by atoms with E-state index < -0.39 is 6.10 Å². The van der Waals surface area contributed by atoms with E-state index in [0.29, 0.717) is 17.0 Å². The quantitative estimate of drug-likeness (QED) is 0.730. The Bertz CT molecular complexity index is 813. The van der Waals surface area contributed by atoms with Gasteiger partial charge in [0.2, 0.25) is 6.10 Å². The van der Waals surface area contributed by atoms with E-state index in [4.69, 9.17) is 9.47 Å². The van der Waals surface area contributed by atoms with Crippen LogP contribution in [0.5, 0.6) is 5.75 Å². The number of nitrogens with one attached hydrogen (secondary N) is 1. The van der Waals surface area contributed by atoms with Crippen molar-refractivity contribution >= 4 is 17.6 Å². The Morgan fingerprint density at radius 1 is 1.04 bits per heavy atom. The Balaban J connectivity index is 1.81. The van der Waals surface area contributed by atoms with Gasteiger partial charge in [-0.05, 0) is 37.5 Å². The van der Waals surface area contributed by atoms with E-state index in [1.54, 1.807) is 25.3 Å². The molecule has 0 spiro atoms. The third kappa shape index (κ3) is 4.91. The molecule has 0 heterocycles. The van der Waals surface area contributed by atoms with Crippen LogP contribution in [0.15, 0.2) is 48.5 Å². The fourth-order valence-electron chi connectivity index (χ4n) is 3.57. The van der Waals surface area contributed by atoms with Gasteiger partial charge in [-0.2, -0.15) is 0 Å². The van der Waals surface area contributed by atoms with Crippen LogP contribution >= 0.6 is 0 Å². The van der Waals surface area contributed by atoms with E-state index in [2.05, 4.69) is 5.32 Å². The first kappa shape index (κ1) is 19.9. The summed E-state index contributed by atoms with van der Waals surface area (Å²) >= 11 is 0. The molecule has 0 bridgehead atoms. The van der Waals surface area contributed by atoms with Crippen LogP contribution in [0, 0.1) is 12.8 Å². The van der Waals surface area contributed by atoms with Gasteiger partial charge in [0.25, 0.3) is 5.91 Å². The zero-order valence-electron chi connectivity index (χ0n) is 16.4. The van der Waals surface area contributed by atoms with Crippen LogP contribution < -0.4 is 10.1 Å². The summed E-state index contributed by atoms with van der Waals surface area (Å²) in [7, 11) is 1.55. The minimum Gasteiger partial charge on any atom is -0.495 e. The normalized spacial score (nSPS) is 15.5. The number of benzene rings is 2. The lowest BCUT2D eigenvalue weighted by atomic mass is 9.89. The molecule has 1 aliphatic carbocycles. The van der Waals surface area contributed by atoms with Crippen molar-refractivity contribution in [3.8, 4) is 5.75 Å². The topological polar surface area (TPSA) is 64.6 Å². The smallest absolute Gasteiger partial charge is 0.310 e. The second-order valence-electron chi connectivity index (χ2n) is 7.26. The van der Waals surface area contributed by atoms with Crippen molar-refractivity contribution in [2.75, 3.05) is 12.4 Å². The predicted octanol–water partition coefficient (Wildman–Crippen LogP) is 4.81. The van der Waals surface area contributed by atoms with E-state index >= 15 is 0 Å². The van der Waals surface area contributed by atoms with Gasteiger partial charge in [-0.25, -0.2) is 0 Å². The van der Waals surface area contributed by atoms with Gasteiger partial charge in [0, 0.05) is 5.56 Å². The van der Waals surface area contributed by atoms with Crippen molar-refractivity contribution in [3.05, 3.63) is 59.7 Å². The lowest BCUT2D eigenvalue weighted by molar-refractivity contribution is -0.159. The number of esters is 1. The van der Waals surface area contributed by atoms with Crippen molar-refractivity contribution in [3.63, 3.8) is 0 Å². The Morgan fingerprint density at radius 2 is 1.75 bits per heavy atom. The lowest BCUT2D eigenvalue weighted by Gasteiger charge is -2.24. The highest BCUT2D eigenvalue weighted by Gasteiger charge is 2.30. The van der Waals surface area contributed by atoms with Crippen LogP contribution in [0.25, 0.3) is 0 Å². The van der Waals surface area contributed by atoms with Crippen LogP contribution in [0.2, 0.25) is 0 Å².